The molecule has 1 rings (SSSR count). The molecule has 0 atom stereocenters. The van der Waals surface area contributed by atoms with Crippen LogP contribution in [0, 0.1) is 5.82 Å². The van der Waals surface area contributed by atoms with Gasteiger partial charge in [0.15, 0.2) is 23.1 Å². The summed E-state index contributed by atoms with van der Waals surface area (Å²) in [5.41, 5.74) is 0.0896. The van der Waals surface area contributed by atoms with E-state index in [9.17, 15) is 14.3 Å². The topological polar surface area (TPSA) is 76.0 Å². The van der Waals surface area contributed by atoms with Crippen LogP contribution < -0.4 is 9.47 Å². The standard InChI is InChI=1S/C11H13FO5/c1-16-8-5-7(12)10(15)6(11(8)17-2)3-4-9(13)14/h5,15H,3-4H2,1-2H3,(H,13,14). The maximum atomic E-state index is 13.3. The van der Waals surface area contributed by atoms with Crippen LogP contribution in [-0.4, -0.2) is 30.4 Å². The lowest BCUT2D eigenvalue weighted by molar-refractivity contribution is -0.136. The molecule has 0 amide bonds. The lowest BCUT2D eigenvalue weighted by Crippen LogP contribution is -2.02. The Kier molecular flexibility index (Phi) is 4.14. The molecule has 17 heavy (non-hydrogen) atoms. The highest BCUT2D eigenvalue weighted by Crippen LogP contribution is 2.39. The van der Waals surface area contributed by atoms with Crippen LogP contribution in [0.4, 0.5) is 4.39 Å². The molecule has 2 N–H and O–H groups in total. The summed E-state index contributed by atoms with van der Waals surface area (Å²) in [4.78, 5) is 10.5. The van der Waals surface area contributed by atoms with Gasteiger partial charge in [0.05, 0.1) is 14.2 Å². The van der Waals surface area contributed by atoms with Gasteiger partial charge in [-0.25, -0.2) is 4.39 Å². The van der Waals surface area contributed by atoms with E-state index in [2.05, 4.69) is 0 Å². The van der Waals surface area contributed by atoms with Gasteiger partial charge in [-0.1, -0.05) is 0 Å². The molecular weight excluding hydrogens is 231 g/mol. The van der Waals surface area contributed by atoms with Gasteiger partial charge < -0.3 is 19.7 Å². The van der Waals surface area contributed by atoms with Crippen LogP contribution in [-0.2, 0) is 11.2 Å². The van der Waals surface area contributed by atoms with Crippen LogP contribution in [0.25, 0.3) is 0 Å². The predicted octanol–water partition coefficient (Wildman–Crippen LogP) is 1.57. The van der Waals surface area contributed by atoms with Gasteiger partial charge in [0.25, 0.3) is 0 Å². The average molecular weight is 244 g/mol. The van der Waals surface area contributed by atoms with Gasteiger partial charge in [0.2, 0.25) is 0 Å². The number of ether oxygens (including phenoxy) is 2. The molecule has 0 fully saturated rings. The minimum Gasteiger partial charge on any atom is -0.505 e. The van der Waals surface area contributed by atoms with E-state index in [0.29, 0.717) is 0 Å². The maximum Gasteiger partial charge on any atom is 0.303 e. The molecule has 0 saturated heterocycles. The summed E-state index contributed by atoms with van der Waals surface area (Å²) < 4.78 is 23.2. The highest BCUT2D eigenvalue weighted by molar-refractivity contribution is 5.68. The first-order chi connectivity index (χ1) is 8.01. The van der Waals surface area contributed by atoms with Gasteiger partial charge >= 0.3 is 5.97 Å². The number of rotatable bonds is 5. The third-order valence-corrected chi connectivity index (χ3v) is 2.28. The normalized spacial score (nSPS) is 10.1. The monoisotopic (exact) mass is 244 g/mol. The van der Waals surface area contributed by atoms with Crippen molar-refractivity contribution in [1.29, 1.82) is 0 Å². The van der Waals surface area contributed by atoms with Gasteiger partial charge in [0, 0.05) is 18.1 Å². The number of carbonyl (C=O) groups is 1. The van der Waals surface area contributed by atoms with Crippen molar-refractivity contribution < 1.29 is 28.9 Å². The molecule has 5 nitrogen and oxygen atoms in total. The van der Waals surface area contributed by atoms with Crippen molar-refractivity contribution in [2.45, 2.75) is 12.8 Å². The van der Waals surface area contributed by atoms with Gasteiger partial charge in [-0.15, -0.1) is 0 Å². The lowest BCUT2D eigenvalue weighted by atomic mass is 10.1. The largest absolute Gasteiger partial charge is 0.505 e. The highest BCUT2D eigenvalue weighted by Gasteiger charge is 2.19. The van der Waals surface area contributed by atoms with Crippen LogP contribution in [0.2, 0.25) is 0 Å². The summed E-state index contributed by atoms with van der Waals surface area (Å²) in [6.45, 7) is 0. The van der Waals surface area contributed by atoms with E-state index in [1.165, 1.54) is 14.2 Å². The van der Waals surface area contributed by atoms with E-state index in [1.54, 1.807) is 0 Å². The minimum atomic E-state index is -1.05. The first kappa shape index (κ1) is 13.1. The zero-order chi connectivity index (χ0) is 13.0. The van der Waals surface area contributed by atoms with Crippen molar-refractivity contribution in [3.63, 3.8) is 0 Å². The fraction of sp³-hybridized carbons (Fsp3) is 0.364. The van der Waals surface area contributed by atoms with Gasteiger partial charge in [-0.2, -0.15) is 0 Å². The van der Waals surface area contributed by atoms with Gasteiger partial charge in [-0.3, -0.25) is 4.79 Å². The number of methoxy groups -OCH3 is 2. The lowest BCUT2D eigenvalue weighted by Gasteiger charge is -2.14. The zero-order valence-corrected chi connectivity index (χ0v) is 9.49. The van der Waals surface area contributed by atoms with Crippen LogP contribution in [0.5, 0.6) is 17.2 Å². The Morgan fingerprint density at radius 1 is 1.41 bits per heavy atom. The maximum absolute atomic E-state index is 13.3. The Hall–Kier alpha value is -1.98. The Bertz CT molecular complexity index is 430. The Morgan fingerprint density at radius 2 is 2.06 bits per heavy atom. The molecule has 0 aliphatic carbocycles. The predicted molar refractivity (Wildman–Crippen MR) is 57.1 cm³/mol. The SMILES string of the molecule is COc1cc(F)c(O)c(CCC(=O)O)c1OC. The number of halogens is 1. The second kappa shape index (κ2) is 5.38. The van der Waals surface area contributed by atoms with Crippen molar-refractivity contribution in [2.75, 3.05) is 14.2 Å². The first-order valence-corrected chi connectivity index (χ1v) is 4.85. The molecule has 0 saturated carbocycles. The number of carboxylic acids is 1. The molecule has 0 aromatic heterocycles. The second-order valence-electron chi connectivity index (χ2n) is 3.31. The van der Waals surface area contributed by atoms with Crippen molar-refractivity contribution in [3.05, 3.63) is 17.4 Å². The van der Waals surface area contributed by atoms with Crippen LogP contribution in [0.1, 0.15) is 12.0 Å². The van der Waals surface area contributed by atoms with E-state index < -0.39 is 17.5 Å². The van der Waals surface area contributed by atoms with Gasteiger partial charge in [0.1, 0.15) is 0 Å². The van der Waals surface area contributed by atoms with Crippen molar-refractivity contribution in [1.82, 2.24) is 0 Å². The number of phenols is 1. The molecule has 0 spiro atoms. The van der Waals surface area contributed by atoms with E-state index in [4.69, 9.17) is 14.6 Å². The van der Waals surface area contributed by atoms with E-state index in [1.807, 2.05) is 0 Å². The molecule has 6 heteroatoms. The van der Waals surface area contributed by atoms with Crippen molar-refractivity contribution in [2.24, 2.45) is 0 Å². The molecule has 0 aliphatic rings. The van der Waals surface area contributed by atoms with Crippen LogP contribution >= 0.6 is 0 Å². The summed E-state index contributed by atoms with van der Waals surface area (Å²) in [5.74, 6) is -2.27. The fourth-order valence-electron chi connectivity index (χ4n) is 1.49. The fourth-order valence-corrected chi connectivity index (χ4v) is 1.49. The number of aliphatic carboxylic acids is 1. The Morgan fingerprint density at radius 3 is 2.53 bits per heavy atom. The summed E-state index contributed by atoms with van der Waals surface area (Å²) >= 11 is 0. The first-order valence-electron chi connectivity index (χ1n) is 4.85. The van der Waals surface area contributed by atoms with E-state index in [-0.39, 0.29) is 29.9 Å². The molecule has 1 aromatic rings. The third kappa shape index (κ3) is 2.77. The van der Waals surface area contributed by atoms with Crippen LogP contribution in [0.15, 0.2) is 6.07 Å². The van der Waals surface area contributed by atoms with Crippen molar-refractivity contribution >= 4 is 5.97 Å². The molecule has 0 aliphatic heterocycles. The number of aromatic hydroxyl groups is 1. The second-order valence-corrected chi connectivity index (χ2v) is 3.31. The minimum absolute atomic E-state index is 0.0432. The number of hydrogen-bond acceptors (Lipinski definition) is 4. The molecular formula is C11H13FO5. The van der Waals surface area contributed by atoms with E-state index >= 15 is 0 Å². The van der Waals surface area contributed by atoms with E-state index in [0.717, 1.165) is 6.07 Å². The summed E-state index contributed by atoms with van der Waals surface area (Å²) in [6.07, 6.45) is -0.283. The van der Waals surface area contributed by atoms with Crippen molar-refractivity contribution in [3.8, 4) is 17.2 Å². The third-order valence-electron chi connectivity index (χ3n) is 2.28. The molecule has 0 bridgehead atoms. The number of hydrogen-bond donors (Lipinski definition) is 2. The van der Waals surface area contributed by atoms with Crippen LogP contribution in [0.3, 0.4) is 0 Å². The quantitative estimate of drug-likeness (QED) is 0.822. The molecule has 1 aromatic carbocycles. The number of benzene rings is 1. The Balaban J connectivity index is 3.22. The number of phenolic OH excluding ortho intramolecular Hbond substituents is 1. The molecule has 0 heterocycles. The number of carboxylic acid groups (broad SMARTS) is 1. The summed E-state index contributed by atoms with van der Waals surface area (Å²) in [5, 5.41) is 18.1. The summed E-state index contributed by atoms with van der Waals surface area (Å²) in [7, 11) is 2.66. The zero-order valence-electron chi connectivity index (χ0n) is 9.49. The molecule has 94 valence electrons. The molecule has 0 unspecified atom stereocenters. The molecule has 0 radical (unpaired) electrons. The average Bonchev–Trinajstić information content (AvgIpc) is 2.29. The smallest absolute Gasteiger partial charge is 0.303 e. The highest BCUT2D eigenvalue weighted by atomic mass is 19.1. The Labute approximate surface area is 97.4 Å². The summed E-state index contributed by atoms with van der Waals surface area (Å²) in [6, 6.07) is 0.985. The van der Waals surface area contributed by atoms with Gasteiger partial charge in [-0.05, 0) is 6.42 Å².